The van der Waals surface area contributed by atoms with Crippen LogP contribution in [0.2, 0.25) is 0 Å². The smallest absolute Gasteiger partial charge is 0.176 e. The average molecular weight is 1120 g/mol. The van der Waals surface area contributed by atoms with Gasteiger partial charge in [0.25, 0.3) is 0 Å². The fourth-order valence-corrected chi connectivity index (χ4v) is 9.92. The number of aliphatic hydroxyl groups excluding tert-OH is 18. The molecular formula is C42H82N6O28. The monoisotopic (exact) mass is 1120 g/mol. The van der Waals surface area contributed by atoms with Gasteiger partial charge in [0.15, 0.2) is 37.7 Å². The number of ether oxygens (including phenoxy) is 10. The molecule has 0 spiro atoms. The third kappa shape index (κ3) is 12.8. The number of hydrogen-bond acceptors (Lipinski definition) is 34. The van der Waals surface area contributed by atoms with Gasteiger partial charge in [-0.25, -0.2) is 0 Å². The van der Waals surface area contributed by atoms with Gasteiger partial charge in [0.05, 0.1) is 88.1 Å². The molecule has 0 aromatic rings. The van der Waals surface area contributed by atoms with E-state index in [9.17, 15) is 91.9 Å². The molecule has 0 aromatic heterocycles. The molecule has 0 aromatic carbocycles. The van der Waals surface area contributed by atoms with E-state index in [0.717, 1.165) is 0 Å². The molecule has 0 bridgehead atoms. The molecule has 6 saturated heterocycles. The van der Waals surface area contributed by atoms with E-state index in [2.05, 4.69) is 0 Å². The maximum atomic E-state index is 11.0. The molecule has 0 aliphatic carbocycles. The van der Waals surface area contributed by atoms with Gasteiger partial charge in [0.1, 0.15) is 109 Å². The Balaban J connectivity index is 0.000000281. The first-order chi connectivity index (χ1) is 35.7. The second-order valence-electron chi connectivity index (χ2n) is 19.7. The molecule has 6 aliphatic heterocycles. The quantitative estimate of drug-likeness (QED) is 0.0606. The molecule has 6 unspecified atom stereocenters. The Kier molecular flexibility index (Phi) is 23.8. The predicted octanol–water partition coefficient (Wildman–Crippen LogP) is -15.1. The first-order valence-electron chi connectivity index (χ1n) is 24.7. The van der Waals surface area contributed by atoms with Crippen LogP contribution in [0.4, 0.5) is 0 Å². The van der Waals surface area contributed by atoms with Crippen molar-refractivity contribution in [3.63, 3.8) is 0 Å². The van der Waals surface area contributed by atoms with E-state index in [1.807, 2.05) is 0 Å². The van der Waals surface area contributed by atoms with E-state index < -0.39 is 235 Å². The standard InChI is InChI=1S/2C21H41N3O14/c2*1-2-8(28)21(5-27)17(32)14(31)11(24)20(38-21)37-16-7(4-26)35-19(10(23)13(16)30)36-15-6(3-25)34-18(33)9(22)12(15)29/h2*6-20,25-33H,2-5,22-24H2,1H3/t2*6-,7-,8?,9-,10-,11-,12-,13-,14-,15?,16?,17+,18-,19+,20+,21-/m11/s1. The van der Waals surface area contributed by atoms with Gasteiger partial charge in [-0.1, -0.05) is 13.8 Å². The summed E-state index contributed by atoms with van der Waals surface area (Å²) in [7, 11) is 0. The van der Waals surface area contributed by atoms with Crippen LogP contribution < -0.4 is 34.4 Å². The molecule has 30 N–H and O–H groups in total. The van der Waals surface area contributed by atoms with Gasteiger partial charge in [-0.15, -0.1) is 0 Å². The summed E-state index contributed by atoms with van der Waals surface area (Å²) in [6, 6.07) is -8.21. The minimum absolute atomic E-state index is 0.0247. The molecule has 6 fully saturated rings. The third-order valence-corrected chi connectivity index (χ3v) is 14.9. The third-order valence-electron chi connectivity index (χ3n) is 14.9. The molecule has 32 atom stereocenters. The summed E-state index contributed by atoms with van der Waals surface area (Å²) in [6.07, 6.45) is -36.3. The fraction of sp³-hybridized carbons (Fsp3) is 1.00. The van der Waals surface area contributed by atoms with Crippen molar-refractivity contribution in [1.82, 2.24) is 0 Å². The molecule has 6 rings (SSSR count). The first kappa shape index (κ1) is 65.5. The summed E-state index contributed by atoms with van der Waals surface area (Å²) in [5, 5.41) is 184. The van der Waals surface area contributed by atoms with Gasteiger partial charge in [0, 0.05) is 0 Å². The second-order valence-corrected chi connectivity index (χ2v) is 19.7. The van der Waals surface area contributed by atoms with Crippen molar-refractivity contribution in [1.29, 1.82) is 0 Å². The lowest BCUT2D eigenvalue weighted by molar-refractivity contribution is -0.369. The highest BCUT2D eigenvalue weighted by Gasteiger charge is 2.61. The van der Waals surface area contributed by atoms with Crippen molar-refractivity contribution in [3.05, 3.63) is 0 Å². The van der Waals surface area contributed by atoms with E-state index in [1.54, 1.807) is 13.8 Å². The minimum atomic E-state index is -2.07. The molecule has 448 valence electrons. The van der Waals surface area contributed by atoms with Crippen LogP contribution in [0, 0.1) is 0 Å². The Labute approximate surface area is 434 Å². The van der Waals surface area contributed by atoms with Gasteiger partial charge >= 0.3 is 0 Å². The molecule has 76 heavy (non-hydrogen) atoms. The maximum Gasteiger partial charge on any atom is 0.176 e. The number of nitrogens with two attached hydrogens (primary N) is 6. The van der Waals surface area contributed by atoms with E-state index in [-0.39, 0.29) is 12.8 Å². The van der Waals surface area contributed by atoms with Gasteiger partial charge in [0.2, 0.25) is 0 Å². The van der Waals surface area contributed by atoms with Crippen LogP contribution in [0.25, 0.3) is 0 Å². The lowest BCUT2D eigenvalue weighted by Crippen LogP contribution is -2.73. The summed E-state index contributed by atoms with van der Waals surface area (Å²) >= 11 is 0. The van der Waals surface area contributed by atoms with Crippen molar-refractivity contribution < 1.29 is 139 Å². The Morgan fingerprint density at radius 1 is 0.382 bits per heavy atom. The van der Waals surface area contributed by atoms with Gasteiger partial charge in [-0.05, 0) is 12.8 Å². The number of aliphatic hydroxyl groups is 18. The molecule has 6 heterocycles. The zero-order valence-corrected chi connectivity index (χ0v) is 41.6. The molecule has 34 heteroatoms. The zero-order chi connectivity index (χ0) is 57.0. The first-order valence-corrected chi connectivity index (χ1v) is 24.7. The molecule has 0 radical (unpaired) electrons. The highest BCUT2D eigenvalue weighted by atomic mass is 16.8. The largest absolute Gasteiger partial charge is 0.394 e. The van der Waals surface area contributed by atoms with Crippen molar-refractivity contribution in [2.24, 2.45) is 34.4 Å². The highest BCUT2D eigenvalue weighted by molar-refractivity contribution is 5.08. The van der Waals surface area contributed by atoms with Crippen molar-refractivity contribution in [2.45, 2.75) is 222 Å². The molecule has 34 nitrogen and oxygen atoms in total. The maximum absolute atomic E-state index is 11.0. The Bertz CT molecular complexity index is 1630. The lowest BCUT2D eigenvalue weighted by atomic mass is 9.81. The van der Waals surface area contributed by atoms with Crippen LogP contribution in [0.5, 0.6) is 0 Å². The van der Waals surface area contributed by atoms with Crippen LogP contribution in [0.15, 0.2) is 0 Å². The SMILES string of the molecule is CCC(O)[C@@]1(CO)O[C@H](OC2[C@@H](CO)O[C@@H](OC3[C@@H](CO)O[C@@H](O)[C@H](N)[C@H]3O)[C@H](N)[C@H]2O)[C@H](N)[C@@H](O)[C@@H]1O.CCC(O)[C@@]1(CO)O[C@H](OC2[C@@H](CO)O[C@@H](OC3[C@@H](CO)O[C@@H](O)[C@H](N)[C@H]3O)[C@H](N)[C@H]2O)[C@H](N)[C@@H](O)[C@@H]1O. The van der Waals surface area contributed by atoms with Crippen molar-refractivity contribution in [3.8, 4) is 0 Å². The summed E-state index contributed by atoms with van der Waals surface area (Å²) in [6.45, 7) is -1.58. The van der Waals surface area contributed by atoms with Crippen LogP contribution in [-0.2, 0) is 47.4 Å². The average Bonchev–Trinajstić information content (AvgIpc) is 3.42. The van der Waals surface area contributed by atoms with E-state index >= 15 is 0 Å². The molecule has 0 amide bonds. The van der Waals surface area contributed by atoms with E-state index in [0.29, 0.717) is 0 Å². The van der Waals surface area contributed by atoms with Crippen LogP contribution in [-0.4, -0.2) is 327 Å². The van der Waals surface area contributed by atoms with E-state index in [1.165, 1.54) is 0 Å². The van der Waals surface area contributed by atoms with Crippen LogP contribution in [0.3, 0.4) is 0 Å². The summed E-state index contributed by atoms with van der Waals surface area (Å²) in [5.41, 5.74) is 31.4. The van der Waals surface area contributed by atoms with E-state index in [4.69, 9.17) is 81.8 Å². The Hall–Kier alpha value is -1.36. The van der Waals surface area contributed by atoms with Crippen molar-refractivity contribution in [2.75, 3.05) is 39.6 Å². The molecular weight excluding hydrogens is 1040 g/mol. The molecule has 6 aliphatic rings. The molecule has 0 saturated carbocycles. The number of hydrogen-bond donors (Lipinski definition) is 24. The second kappa shape index (κ2) is 27.6. The van der Waals surface area contributed by atoms with Gasteiger partial charge in [-0.2, -0.15) is 0 Å². The Morgan fingerprint density at radius 3 is 0.895 bits per heavy atom. The summed E-state index contributed by atoms with van der Waals surface area (Å²) < 4.78 is 55.8. The lowest BCUT2D eigenvalue weighted by Gasteiger charge is -2.52. The number of rotatable bonds is 18. The van der Waals surface area contributed by atoms with Crippen LogP contribution in [0.1, 0.15) is 26.7 Å². The normalized spacial score (nSPS) is 51.1. The zero-order valence-electron chi connectivity index (χ0n) is 41.6. The summed E-state index contributed by atoms with van der Waals surface area (Å²) in [5.74, 6) is 0. The fourth-order valence-electron chi connectivity index (χ4n) is 9.92. The van der Waals surface area contributed by atoms with Gasteiger partial charge in [-0.3, -0.25) is 0 Å². The van der Waals surface area contributed by atoms with Gasteiger partial charge < -0.3 is 174 Å². The van der Waals surface area contributed by atoms with Crippen LogP contribution >= 0.6 is 0 Å². The summed E-state index contributed by atoms with van der Waals surface area (Å²) in [4.78, 5) is 0. The topological polar surface area (TPSA) is 613 Å². The Morgan fingerprint density at radius 2 is 0.632 bits per heavy atom. The minimum Gasteiger partial charge on any atom is -0.394 e. The van der Waals surface area contributed by atoms with Crippen molar-refractivity contribution >= 4 is 0 Å². The highest BCUT2D eigenvalue weighted by Crippen LogP contribution is 2.39. The predicted molar refractivity (Wildman–Crippen MR) is 245 cm³/mol.